The standard InChI is InChI=1S/C7H3ClIN3S/c8-7-12-11-6(13-7)4-1-5(9)3-10-2-4/h1-3H. The van der Waals surface area contributed by atoms with Gasteiger partial charge in [-0.25, -0.2) is 0 Å². The predicted molar refractivity (Wildman–Crippen MR) is 60.9 cm³/mol. The summed E-state index contributed by atoms with van der Waals surface area (Å²) < 4.78 is 1.52. The second kappa shape index (κ2) is 3.85. The van der Waals surface area contributed by atoms with Crippen LogP contribution in [0.4, 0.5) is 0 Å². The normalized spacial score (nSPS) is 10.3. The monoisotopic (exact) mass is 323 g/mol. The fourth-order valence-electron chi connectivity index (χ4n) is 0.851. The maximum atomic E-state index is 5.67. The summed E-state index contributed by atoms with van der Waals surface area (Å²) in [5.41, 5.74) is 0.955. The molecular weight excluding hydrogens is 321 g/mol. The molecular formula is C7H3ClIN3S. The number of rotatable bonds is 1. The summed E-state index contributed by atoms with van der Waals surface area (Å²) in [6.45, 7) is 0. The maximum Gasteiger partial charge on any atom is 0.207 e. The first-order valence-corrected chi connectivity index (χ1v) is 5.63. The summed E-state index contributed by atoms with van der Waals surface area (Å²) in [4.78, 5) is 4.06. The van der Waals surface area contributed by atoms with E-state index in [0.29, 0.717) is 4.47 Å². The van der Waals surface area contributed by atoms with Crippen LogP contribution in [0.15, 0.2) is 18.5 Å². The molecule has 0 aliphatic rings. The van der Waals surface area contributed by atoms with Crippen LogP contribution in [0.3, 0.4) is 0 Å². The fourth-order valence-corrected chi connectivity index (χ4v) is 2.16. The number of hydrogen-bond donors (Lipinski definition) is 0. The van der Waals surface area contributed by atoms with Crippen molar-refractivity contribution in [1.82, 2.24) is 15.2 Å². The van der Waals surface area contributed by atoms with Crippen LogP contribution >= 0.6 is 45.5 Å². The molecule has 0 aromatic carbocycles. The summed E-state index contributed by atoms with van der Waals surface area (Å²) in [5.74, 6) is 0. The molecule has 0 saturated heterocycles. The van der Waals surface area contributed by atoms with Gasteiger partial charge in [-0.1, -0.05) is 11.3 Å². The van der Waals surface area contributed by atoms with Gasteiger partial charge in [0, 0.05) is 21.5 Å². The van der Waals surface area contributed by atoms with Crippen molar-refractivity contribution in [1.29, 1.82) is 0 Å². The zero-order valence-corrected chi connectivity index (χ0v) is 9.97. The third-order valence-corrected chi connectivity index (χ3v) is 3.01. The Labute approximate surface area is 97.3 Å². The number of aromatic nitrogens is 3. The van der Waals surface area contributed by atoms with Crippen LogP contribution in [-0.2, 0) is 0 Å². The number of hydrogen-bond acceptors (Lipinski definition) is 4. The van der Waals surface area contributed by atoms with Crippen LogP contribution in [0.25, 0.3) is 10.6 Å². The van der Waals surface area contributed by atoms with Crippen LogP contribution in [0.2, 0.25) is 4.47 Å². The molecule has 0 N–H and O–H groups in total. The van der Waals surface area contributed by atoms with Crippen molar-refractivity contribution in [3.8, 4) is 10.6 Å². The highest BCUT2D eigenvalue weighted by molar-refractivity contribution is 14.1. The Morgan fingerprint density at radius 3 is 2.77 bits per heavy atom. The van der Waals surface area contributed by atoms with Crippen LogP contribution < -0.4 is 0 Å². The molecule has 2 heterocycles. The van der Waals surface area contributed by atoms with Crippen LogP contribution in [0, 0.1) is 3.57 Å². The van der Waals surface area contributed by atoms with Crippen molar-refractivity contribution in [2.75, 3.05) is 0 Å². The SMILES string of the molecule is Clc1nnc(-c2cncc(I)c2)s1. The lowest BCUT2D eigenvalue weighted by Crippen LogP contribution is -1.80. The summed E-state index contributed by atoms with van der Waals surface area (Å²) in [7, 11) is 0. The Hall–Kier alpha value is -0.270. The first-order valence-electron chi connectivity index (χ1n) is 3.35. The minimum Gasteiger partial charge on any atom is -0.263 e. The van der Waals surface area contributed by atoms with E-state index in [1.165, 1.54) is 11.3 Å². The van der Waals surface area contributed by atoms with E-state index < -0.39 is 0 Å². The third kappa shape index (κ3) is 2.15. The first-order chi connectivity index (χ1) is 6.25. The topological polar surface area (TPSA) is 38.7 Å². The molecule has 0 aliphatic carbocycles. The van der Waals surface area contributed by atoms with Crippen molar-refractivity contribution in [2.24, 2.45) is 0 Å². The lowest BCUT2D eigenvalue weighted by Gasteiger charge is -1.93. The molecule has 13 heavy (non-hydrogen) atoms. The molecule has 0 amide bonds. The summed E-state index contributed by atoms with van der Waals surface area (Å²) in [6.07, 6.45) is 3.53. The Balaban J connectivity index is 2.46. The van der Waals surface area contributed by atoms with Gasteiger partial charge in [-0.15, -0.1) is 10.2 Å². The minimum atomic E-state index is 0.453. The second-order valence-electron chi connectivity index (χ2n) is 2.25. The molecule has 0 bridgehead atoms. The molecule has 0 radical (unpaired) electrons. The Kier molecular flexibility index (Phi) is 2.75. The van der Waals surface area contributed by atoms with Crippen molar-refractivity contribution in [3.05, 3.63) is 26.5 Å². The highest BCUT2D eigenvalue weighted by atomic mass is 127. The molecule has 2 rings (SSSR count). The summed E-state index contributed by atoms with van der Waals surface area (Å²) in [6, 6.07) is 1.99. The average Bonchev–Trinajstić information content (AvgIpc) is 2.52. The summed E-state index contributed by atoms with van der Waals surface area (Å²) in [5, 5.41) is 8.45. The van der Waals surface area contributed by atoms with Gasteiger partial charge in [-0.3, -0.25) is 4.98 Å². The van der Waals surface area contributed by atoms with Gasteiger partial charge >= 0.3 is 0 Å². The van der Waals surface area contributed by atoms with E-state index in [2.05, 4.69) is 37.8 Å². The average molecular weight is 324 g/mol. The van der Waals surface area contributed by atoms with Gasteiger partial charge in [-0.05, 0) is 40.3 Å². The zero-order chi connectivity index (χ0) is 9.26. The van der Waals surface area contributed by atoms with E-state index in [1.807, 2.05) is 6.07 Å². The van der Waals surface area contributed by atoms with Crippen LogP contribution in [0.5, 0.6) is 0 Å². The molecule has 0 aliphatic heterocycles. The molecule has 0 unspecified atom stereocenters. The molecule has 0 spiro atoms. The second-order valence-corrected chi connectivity index (χ2v) is 5.06. The smallest absolute Gasteiger partial charge is 0.207 e. The Morgan fingerprint density at radius 1 is 1.31 bits per heavy atom. The van der Waals surface area contributed by atoms with Gasteiger partial charge in [0.2, 0.25) is 4.47 Å². The quantitative estimate of drug-likeness (QED) is 0.758. The van der Waals surface area contributed by atoms with E-state index in [-0.39, 0.29) is 0 Å². The molecule has 0 atom stereocenters. The Morgan fingerprint density at radius 2 is 2.15 bits per heavy atom. The van der Waals surface area contributed by atoms with Gasteiger partial charge in [0.1, 0.15) is 0 Å². The van der Waals surface area contributed by atoms with Crippen molar-refractivity contribution in [2.45, 2.75) is 0 Å². The number of nitrogens with zero attached hydrogens (tertiary/aromatic N) is 3. The van der Waals surface area contributed by atoms with E-state index in [4.69, 9.17) is 11.6 Å². The van der Waals surface area contributed by atoms with Crippen molar-refractivity contribution >= 4 is 45.5 Å². The molecule has 2 aromatic heterocycles. The van der Waals surface area contributed by atoms with Crippen LogP contribution in [-0.4, -0.2) is 15.2 Å². The largest absolute Gasteiger partial charge is 0.263 e. The molecule has 6 heteroatoms. The Bertz CT molecular complexity index is 431. The molecule has 3 nitrogen and oxygen atoms in total. The van der Waals surface area contributed by atoms with Gasteiger partial charge in [0.05, 0.1) is 0 Å². The lowest BCUT2D eigenvalue weighted by atomic mass is 10.3. The third-order valence-electron chi connectivity index (χ3n) is 1.35. The highest BCUT2D eigenvalue weighted by Gasteiger charge is 2.04. The van der Waals surface area contributed by atoms with E-state index in [1.54, 1.807) is 12.4 Å². The highest BCUT2D eigenvalue weighted by Crippen LogP contribution is 2.25. The van der Waals surface area contributed by atoms with E-state index in [9.17, 15) is 0 Å². The van der Waals surface area contributed by atoms with E-state index >= 15 is 0 Å². The summed E-state index contributed by atoms with van der Waals surface area (Å²) >= 11 is 9.22. The van der Waals surface area contributed by atoms with Gasteiger partial charge in [0.25, 0.3) is 0 Å². The van der Waals surface area contributed by atoms with E-state index in [0.717, 1.165) is 14.1 Å². The molecule has 66 valence electrons. The number of pyridine rings is 1. The fraction of sp³-hybridized carbons (Fsp3) is 0. The molecule has 0 saturated carbocycles. The predicted octanol–water partition coefficient (Wildman–Crippen LogP) is 2.86. The minimum absolute atomic E-state index is 0.453. The lowest BCUT2D eigenvalue weighted by molar-refractivity contribution is 1.09. The first kappa shape index (κ1) is 9.29. The van der Waals surface area contributed by atoms with Crippen molar-refractivity contribution in [3.63, 3.8) is 0 Å². The van der Waals surface area contributed by atoms with Crippen LogP contribution in [0.1, 0.15) is 0 Å². The van der Waals surface area contributed by atoms with Crippen molar-refractivity contribution < 1.29 is 0 Å². The van der Waals surface area contributed by atoms with Gasteiger partial charge < -0.3 is 0 Å². The zero-order valence-electron chi connectivity index (χ0n) is 6.24. The van der Waals surface area contributed by atoms with Gasteiger partial charge in [-0.2, -0.15) is 0 Å². The molecule has 0 fully saturated rings. The number of halogens is 2. The van der Waals surface area contributed by atoms with Gasteiger partial charge in [0.15, 0.2) is 5.01 Å². The molecule has 2 aromatic rings. The maximum absolute atomic E-state index is 5.67.